The second-order valence-corrected chi connectivity index (χ2v) is 5.04. The lowest BCUT2D eigenvalue weighted by Crippen LogP contribution is -1.91. The lowest BCUT2D eigenvalue weighted by molar-refractivity contribution is 0.416. The highest BCUT2D eigenvalue weighted by atomic mass is 35.5. The molecule has 0 radical (unpaired) electrons. The molecule has 0 heterocycles. The molecule has 0 fully saturated rings. The summed E-state index contributed by atoms with van der Waals surface area (Å²) in [5.41, 5.74) is 6.41. The first-order valence-corrected chi connectivity index (χ1v) is 6.25. The van der Waals surface area contributed by atoms with Crippen LogP contribution in [0, 0.1) is 0 Å². The van der Waals surface area contributed by atoms with Crippen LogP contribution in [0.5, 0.6) is 5.75 Å². The summed E-state index contributed by atoms with van der Waals surface area (Å²) in [7, 11) is 1.61. The lowest BCUT2D eigenvalue weighted by Gasteiger charge is -2.07. The van der Waals surface area contributed by atoms with Gasteiger partial charge in [-0.25, -0.2) is 0 Å². The number of anilines is 1. The monoisotopic (exact) mass is 265 g/mol. The molecule has 0 bridgehead atoms. The zero-order valence-electron chi connectivity index (χ0n) is 9.31. The second kappa shape index (κ2) is 5.34. The van der Waals surface area contributed by atoms with Crippen molar-refractivity contribution in [2.24, 2.45) is 0 Å². The minimum absolute atomic E-state index is 0.646. The van der Waals surface area contributed by atoms with E-state index in [1.807, 2.05) is 42.5 Å². The number of rotatable bonds is 3. The van der Waals surface area contributed by atoms with Crippen LogP contribution in [-0.2, 0) is 0 Å². The molecule has 0 aromatic heterocycles. The molecule has 0 aliphatic carbocycles. The van der Waals surface area contributed by atoms with E-state index in [1.54, 1.807) is 18.9 Å². The smallest absolute Gasteiger partial charge is 0.142 e. The third-order valence-electron chi connectivity index (χ3n) is 2.25. The molecule has 0 saturated heterocycles. The average Bonchev–Trinajstić information content (AvgIpc) is 2.34. The Hall–Kier alpha value is -1.32. The predicted molar refractivity (Wildman–Crippen MR) is 73.0 cm³/mol. The Balaban J connectivity index is 2.21. The van der Waals surface area contributed by atoms with Gasteiger partial charge in [-0.05, 0) is 42.5 Å². The highest BCUT2D eigenvalue weighted by molar-refractivity contribution is 7.99. The van der Waals surface area contributed by atoms with Crippen molar-refractivity contribution >= 4 is 29.1 Å². The van der Waals surface area contributed by atoms with Crippen molar-refractivity contribution in [2.75, 3.05) is 12.8 Å². The van der Waals surface area contributed by atoms with Gasteiger partial charge in [0.2, 0.25) is 0 Å². The van der Waals surface area contributed by atoms with Crippen LogP contribution in [0.4, 0.5) is 5.69 Å². The van der Waals surface area contributed by atoms with Crippen molar-refractivity contribution < 1.29 is 4.74 Å². The summed E-state index contributed by atoms with van der Waals surface area (Å²) in [5.74, 6) is 0.698. The number of nitrogen functional groups attached to an aromatic ring is 1. The minimum Gasteiger partial charge on any atom is -0.495 e. The first-order chi connectivity index (χ1) is 8.19. The SMILES string of the molecule is COc1cc(Sc2ccc(Cl)cc2)ccc1N. The first kappa shape index (κ1) is 12.1. The summed E-state index contributed by atoms with van der Waals surface area (Å²) >= 11 is 7.48. The summed E-state index contributed by atoms with van der Waals surface area (Å²) in [5, 5.41) is 0.740. The van der Waals surface area contributed by atoms with Crippen molar-refractivity contribution in [3.05, 3.63) is 47.5 Å². The van der Waals surface area contributed by atoms with E-state index in [2.05, 4.69) is 0 Å². The molecule has 2 nitrogen and oxygen atoms in total. The highest BCUT2D eigenvalue weighted by Gasteiger charge is 2.02. The molecule has 2 N–H and O–H groups in total. The Kier molecular flexibility index (Phi) is 3.82. The summed E-state index contributed by atoms with van der Waals surface area (Å²) in [6, 6.07) is 13.4. The normalized spacial score (nSPS) is 10.2. The Morgan fingerprint density at radius 3 is 2.35 bits per heavy atom. The molecule has 2 aromatic carbocycles. The molecule has 0 amide bonds. The molecule has 0 aliphatic rings. The molecule has 17 heavy (non-hydrogen) atoms. The number of halogens is 1. The average molecular weight is 266 g/mol. The molecule has 0 saturated carbocycles. The third-order valence-corrected chi connectivity index (χ3v) is 3.50. The largest absolute Gasteiger partial charge is 0.495 e. The van der Waals surface area contributed by atoms with Gasteiger partial charge in [0.15, 0.2) is 0 Å². The van der Waals surface area contributed by atoms with Crippen molar-refractivity contribution in [1.29, 1.82) is 0 Å². The second-order valence-electron chi connectivity index (χ2n) is 3.46. The maximum Gasteiger partial charge on any atom is 0.142 e. The fourth-order valence-electron chi connectivity index (χ4n) is 1.39. The number of hydrogen-bond acceptors (Lipinski definition) is 3. The molecular formula is C13H12ClNOS. The number of ether oxygens (including phenoxy) is 1. The molecule has 0 unspecified atom stereocenters. The molecule has 4 heteroatoms. The van der Waals surface area contributed by atoms with Crippen LogP contribution in [-0.4, -0.2) is 7.11 Å². The maximum atomic E-state index is 5.84. The van der Waals surface area contributed by atoms with Crippen LogP contribution in [0.1, 0.15) is 0 Å². The van der Waals surface area contributed by atoms with Crippen molar-refractivity contribution in [3.8, 4) is 5.75 Å². The van der Waals surface area contributed by atoms with Gasteiger partial charge in [-0.15, -0.1) is 0 Å². The van der Waals surface area contributed by atoms with Gasteiger partial charge in [-0.2, -0.15) is 0 Å². The maximum absolute atomic E-state index is 5.84. The van der Waals surface area contributed by atoms with E-state index in [0.717, 1.165) is 14.8 Å². The molecule has 88 valence electrons. The van der Waals surface area contributed by atoms with E-state index >= 15 is 0 Å². The van der Waals surface area contributed by atoms with Crippen molar-refractivity contribution in [1.82, 2.24) is 0 Å². The third kappa shape index (κ3) is 3.08. The molecule has 2 rings (SSSR count). The summed E-state index contributed by atoms with van der Waals surface area (Å²) in [4.78, 5) is 2.21. The van der Waals surface area contributed by atoms with Gasteiger partial charge < -0.3 is 10.5 Å². The van der Waals surface area contributed by atoms with Gasteiger partial charge in [0, 0.05) is 14.8 Å². The summed E-state index contributed by atoms with van der Waals surface area (Å²) in [6.45, 7) is 0. The number of hydrogen-bond donors (Lipinski definition) is 1. The van der Waals surface area contributed by atoms with Gasteiger partial charge in [0.1, 0.15) is 5.75 Å². The Morgan fingerprint density at radius 1 is 1.06 bits per heavy atom. The van der Waals surface area contributed by atoms with Gasteiger partial charge in [-0.3, -0.25) is 0 Å². The zero-order valence-corrected chi connectivity index (χ0v) is 10.9. The van der Waals surface area contributed by atoms with Gasteiger partial charge in [0.25, 0.3) is 0 Å². The van der Waals surface area contributed by atoms with Crippen LogP contribution in [0.25, 0.3) is 0 Å². The summed E-state index contributed by atoms with van der Waals surface area (Å²) < 4.78 is 5.18. The Bertz CT molecular complexity index is 513. The van der Waals surface area contributed by atoms with Crippen LogP contribution in [0.3, 0.4) is 0 Å². The summed E-state index contributed by atoms with van der Waals surface area (Å²) in [6.07, 6.45) is 0. The molecule has 0 atom stereocenters. The fraction of sp³-hybridized carbons (Fsp3) is 0.0769. The molecule has 0 aliphatic heterocycles. The van der Waals surface area contributed by atoms with Crippen LogP contribution in [0.15, 0.2) is 52.3 Å². The van der Waals surface area contributed by atoms with E-state index in [4.69, 9.17) is 22.1 Å². The number of methoxy groups -OCH3 is 1. The van der Waals surface area contributed by atoms with Crippen molar-refractivity contribution in [3.63, 3.8) is 0 Å². The minimum atomic E-state index is 0.646. The van der Waals surface area contributed by atoms with Gasteiger partial charge >= 0.3 is 0 Å². The van der Waals surface area contributed by atoms with Gasteiger partial charge in [0.05, 0.1) is 12.8 Å². The zero-order chi connectivity index (χ0) is 12.3. The first-order valence-electron chi connectivity index (χ1n) is 5.06. The van der Waals surface area contributed by atoms with Crippen LogP contribution < -0.4 is 10.5 Å². The van der Waals surface area contributed by atoms with E-state index in [-0.39, 0.29) is 0 Å². The molecule has 0 spiro atoms. The predicted octanol–water partition coefficient (Wildman–Crippen LogP) is 4.08. The lowest BCUT2D eigenvalue weighted by atomic mass is 10.3. The quantitative estimate of drug-likeness (QED) is 0.850. The van der Waals surface area contributed by atoms with E-state index in [0.29, 0.717) is 11.4 Å². The number of nitrogens with two attached hydrogens (primary N) is 1. The fourth-order valence-corrected chi connectivity index (χ4v) is 2.37. The highest BCUT2D eigenvalue weighted by Crippen LogP contribution is 2.33. The Labute approximate surface area is 110 Å². The van der Waals surface area contributed by atoms with Crippen molar-refractivity contribution in [2.45, 2.75) is 9.79 Å². The van der Waals surface area contributed by atoms with Crippen LogP contribution >= 0.6 is 23.4 Å². The van der Waals surface area contributed by atoms with E-state index < -0.39 is 0 Å². The standard InChI is InChI=1S/C13H12ClNOS/c1-16-13-8-11(6-7-12(13)15)17-10-4-2-9(14)3-5-10/h2-8H,15H2,1H3. The van der Waals surface area contributed by atoms with Gasteiger partial charge in [-0.1, -0.05) is 23.4 Å². The number of benzene rings is 2. The van der Waals surface area contributed by atoms with E-state index in [1.165, 1.54) is 0 Å². The van der Waals surface area contributed by atoms with Crippen LogP contribution in [0.2, 0.25) is 5.02 Å². The molecule has 2 aromatic rings. The molecular weight excluding hydrogens is 254 g/mol. The topological polar surface area (TPSA) is 35.2 Å². The Morgan fingerprint density at radius 2 is 1.71 bits per heavy atom. The van der Waals surface area contributed by atoms with E-state index in [9.17, 15) is 0 Å².